The Bertz CT molecular complexity index is 100. The monoisotopic (exact) mass is 198 g/mol. The summed E-state index contributed by atoms with van der Waals surface area (Å²) in [5.41, 5.74) is 0. The summed E-state index contributed by atoms with van der Waals surface area (Å²) in [5.74, 6) is 0. The van der Waals surface area contributed by atoms with E-state index in [0.717, 1.165) is 0 Å². The van der Waals surface area contributed by atoms with Crippen molar-refractivity contribution in [2.24, 2.45) is 0 Å². The number of hydrogen-bond donors (Lipinski definition) is 3. The third kappa shape index (κ3) is 5.83. The standard InChI is InChI=1S/C6H15O5P/c1-3-5(7)10-12(9)11-6(8)4-2/h5-9H,3-4H2,1-2H3. The molecule has 0 rings (SSSR count). The van der Waals surface area contributed by atoms with E-state index in [-0.39, 0.29) is 0 Å². The van der Waals surface area contributed by atoms with E-state index in [0.29, 0.717) is 12.8 Å². The summed E-state index contributed by atoms with van der Waals surface area (Å²) in [6, 6.07) is 0. The van der Waals surface area contributed by atoms with Gasteiger partial charge in [0.25, 0.3) is 0 Å². The highest BCUT2D eigenvalue weighted by Gasteiger charge is 2.15. The van der Waals surface area contributed by atoms with Gasteiger partial charge >= 0.3 is 8.60 Å². The van der Waals surface area contributed by atoms with E-state index in [9.17, 15) is 0 Å². The van der Waals surface area contributed by atoms with E-state index in [4.69, 9.17) is 15.1 Å². The van der Waals surface area contributed by atoms with Crippen LogP contribution in [0.25, 0.3) is 0 Å². The Labute approximate surface area is 72.9 Å². The summed E-state index contributed by atoms with van der Waals surface area (Å²) in [5, 5.41) is 17.8. The van der Waals surface area contributed by atoms with Crippen LogP contribution in [-0.4, -0.2) is 27.7 Å². The molecule has 0 aromatic rings. The molecule has 0 fully saturated rings. The van der Waals surface area contributed by atoms with Crippen molar-refractivity contribution in [2.75, 3.05) is 0 Å². The van der Waals surface area contributed by atoms with Gasteiger partial charge in [-0.05, 0) is 12.8 Å². The van der Waals surface area contributed by atoms with Crippen LogP contribution in [0, 0.1) is 0 Å². The molecule has 0 bridgehead atoms. The van der Waals surface area contributed by atoms with Crippen LogP contribution in [0.1, 0.15) is 26.7 Å². The predicted octanol–water partition coefficient (Wildman–Crippen LogP) is 0.696. The van der Waals surface area contributed by atoms with Gasteiger partial charge in [-0.3, -0.25) is 9.05 Å². The second-order valence-electron chi connectivity index (χ2n) is 2.17. The van der Waals surface area contributed by atoms with Gasteiger partial charge in [-0.15, -0.1) is 0 Å². The molecule has 0 amide bonds. The lowest BCUT2D eigenvalue weighted by Crippen LogP contribution is -2.12. The lowest BCUT2D eigenvalue weighted by molar-refractivity contribution is -0.0689. The van der Waals surface area contributed by atoms with Gasteiger partial charge in [-0.2, -0.15) is 0 Å². The summed E-state index contributed by atoms with van der Waals surface area (Å²) in [6.45, 7) is 3.40. The maximum atomic E-state index is 8.95. The average Bonchev–Trinajstić information content (AvgIpc) is 2.03. The molecular formula is C6H15O5P. The van der Waals surface area contributed by atoms with Gasteiger partial charge in [-0.25, -0.2) is 0 Å². The second kappa shape index (κ2) is 6.71. The molecule has 12 heavy (non-hydrogen) atoms. The molecule has 0 spiro atoms. The summed E-state index contributed by atoms with van der Waals surface area (Å²) >= 11 is 0. The quantitative estimate of drug-likeness (QED) is 0.432. The van der Waals surface area contributed by atoms with Gasteiger partial charge in [0, 0.05) is 0 Å². The first-order valence-electron chi connectivity index (χ1n) is 3.78. The first-order chi connectivity index (χ1) is 5.60. The normalized spacial score (nSPS) is 18.8. The predicted molar refractivity (Wildman–Crippen MR) is 43.9 cm³/mol. The van der Waals surface area contributed by atoms with E-state index in [2.05, 4.69) is 9.05 Å². The van der Waals surface area contributed by atoms with Gasteiger partial charge in [0.05, 0.1) is 0 Å². The zero-order valence-corrected chi connectivity index (χ0v) is 8.07. The molecule has 0 heterocycles. The Hall–Kier alpha value is 0.230. The number of aliphatic hydroxyl groups excluding tert-OH is 2. The lowest BCUT2D eigenvalue weighted by Gasteiger charge is -2.16. The molecule has 0 aliphatic heterocycles. The maximum absolute atomic E-state index is 8.95. The SMILES string of the molecule is CCC(O)OP(O)OC(O)CC. The number of rotatable bonds is 6. The van der Waals surface area contributed by atoms with Gasteiger partial charge in [0.1, 0.15) is 0 Å². The second-order valence-corrected chi connectivity index (χ2v) is 3.07. The smallest absolute Gasteiger partial charge is 0.334 e. The van der Waals surface area contributed by atoms with Gasteiger partial charge in [0.2, 0.25) is 0 Å². The van der Waals surface area contributed by atoms with E-state index < -0.39 is 21.2 Å². The Morgan fingerprint density at radius 2 is 1.42 bits per heavy atom. The van der Waals surface area contributed by atoms with E-state index in [1.165, 1.54) is 0 Å². The molecular weight excluding hydrogens is 183 g/mol. The van der Waals surface area contributed by atoms with Crippen LogP contribution >= 0.6 is 8.60 Å². The maximum Gasteiger partial charge on any atom is 0.334 e. The van der Waals surface area contributed by atoms with Crippen LogP contribution in [-0.2, 0) is 9.05 Å². The van der Waals surface area contributed by atoms with Crippen LogP contribution in [0.5, 0.6) is 0 Å². The summed E-state index contributed by atoms with van der Waals surface area (Å²) in [4.78, 5) is 8.95. The zero-order chi connectivity index (χ0) is 9.56. The van der Waals surface area contributed by atoms with Crippen LogP contribution in [0.4, 0.5) is 0 Å². The molecule has 0 aromatic heterocycles. The van der Waals surface area contributed by atoms with E-state index >= 15 is 0 Å². The molecule has 0 aliphatic rings. The fraction of sp³-hybridized carbons (Fsp3) is 1.00. The Balaban J connectivity index is 3.51. The third-order valence-corrected chi connectivity index (χ3v) is 1.97. The summed E-state index contributed by atoms with van der Waals surface area (Å²) < 4.78 is 9.13. The number of aliphatic hydroxyl groups is 2. The van der Waals surface area contributed by atoms with Crippen molar-refractivity contribution in [2.45, 2.75) is 39.3 Å². The fourth-order valence-corrected chi connectivity index (χ4v) is 1.15. The fourth-order valence-electron chi connectivity index (χ4n) is 0.382. The van der Waals surface area contributed by atoms with Crippen molar-refractivity contribution in [1.82, 2.24) is 0 Å². The molecule has 6 heteroatoms. The molecule has 0 aromatic carbocycles. The Morgan fingerprint density at radius 1 is 1.08 bits per heavy atom. The highest BCUT2D eigenvalue weighted by atomic mass is 31.2. The van der Waals surface area contributed by atoms with Crippen LogP contribution in [0.3, 0.4) is 0 Å². The van der Waals surface area contributed by atoms with Gasteiger partial charge in [0.15, 0.2) is 12.6 Å². The summed E-state index contributed by atoms with van der Waals surface area (Å²) in [7, 11) is -2.17. The largest absolute Gasteiger partial charge is 0.368 e. The molecule has 5 nitrogen and oxygen atoms in total. The van der Waals surface area contributed by atoms with Crippen molar-refractivity contribution in [3.8, 4) is 0 Å². The molecule has 74 valence electrons. The molecule has 3 N–H and O–H groups in total. The van der Waals surface area contributed by atoms with Crippen molar-refractivity contribution >= 4 is 8.60 Å². The van der Waals surface area contributed by atoms with Gasteiger partial charge in [-0.1, -0.05) is 13.8 Å². The lowest BCUT2D eigenvalue weighted by atomic mass is 10.5. The minimum absolute atomic E-state index is 0.366. The topological polar surface area (TPSA) is 79.2 Å². The first-order valence-corrected chi connectivity index (χ1v) is 4.91. The molecule has 0 aliphatic carbocycles. The Kier molecular flexibility index (Phi) is 6.84. The average molecular weight is 198 g/mol. The minimum Gasteiger partial charge on any atom is -0.368 e. The highest BCUT2D eigenvalue weighted by Crippen LogP contribution is 2.36. The van der Waals surface area contributed by atoms with E-state index in [1.807, 2.05) is 0 Å². The van der Waals surface area contributed by atoms with Gasteiger partial charge < -0.3 is 15.1 Å². The van der Waals surface area contributed by atoms with Crippen LogP contribution < -0.4 is 0 Å². The molecule has 0 radical (unpaired) electrons. The molecule has 2 atom stereocenters. The van der Waals surface area contributed by atoms with Crippen molar-refractivity contribution in [3.05, 3.63) is 0 Å². The first kappa shape index (κ1) is 12.2. The number of hydrogen-bond acceptors (Lipinski definition) is 5. The highest BCUT2D eigenvalue weighted by molar-refractivity contribution is 7.40. The minimum atomic E-state index is -2.17. The molecule has 0 saturated heterocycles. The molecule has 0 saturated carbocycles. The van der Waals surface area contributed by atoms with Crippen molar-refractivity contribution < 1.29 is 24.2 Å². The third-order valence-electron chi connectivity index (χ3n) is 1.12. The van der Waals surface area contributed by atoms with Crippen molar-refractivity contribution in [1.29, 1.82) is 0 Å². The Morgan fingerprint density at radius 3 is 1.67 bits per heavy atom. The van der Waals surface area contributed by atoms with Crippen LogP contribution in [0.15, 0.2) is 0 Å². The zero-order valence-electron chi connectivity index (χ0n) is 7.17. The van der Waals surface area contributed by atoms with E-state index in [1.54, 1.807) is 13.8 Å². The van der Waals surface area contributed by atoms with Crippen LogP contribution in [0.2, 0.25) is 0 Å². The summed E-state index contributed by atoms with van der Waals surface area (Å²) in [6.07, 6.45) is -1.34. The molecule has 2 unspecified atom stereocenters. The van der Waals surface area contributed by atoms with Crippen molar-refractivity contribution in [3.63, 3.8) is 0 Å².